The zero-order chi connectivity index (χ0) is 15.6. The Kier molecular flexibility index (Phi) is 5.26. The fourth-order valence-corrected chi connectivity index (χ4v) is 2.34. The number of rotatable bonds is 5. The molecule has 0 amide bonds. The van der Waals surface area contributed by atoms with Gasteiger partial charge in [-0.15, -0.1) is 0 Å². The normalized spacial score (nSPS) is 12.8. The van der Waals surface area contributed by atoms with Crippen LogP contribution in [0.2, 0.25) is 0 Å². The number of ether oxygens (including phenoxy) is 1. The Bertz CT molecular complexity index is 436. The Labute approximate surface area is 124 Å². The van der Waals surface area contributed by atoms with Gasteiger partial charge in [0, 0.05) is 11.1 Å². The Balaban J connectivity index is 3.02. The van der Waals surface area contributed by atoms with Crippen LogP contribution in [0.15, 0.2) is 18.2 Å². The van der Waals surface area contributed by atoms with E-state index in [2.05, 4.69) is 52.8 Å². The minimum absolute atomic E-state index is 0.131. The standard InChI is InChI=1S/C18H31NO/c1-13(2)16-14(17(3,4)5)9-8-10-15(16)20-12-11-18(6,7)19/h8-10,13H,11-12,19H2,1-7H3. The maximum Gasteiger partial charge on any atom is 0.123 e. The van der Waals surface area contributed by atoms with Gasteiger partial charge in [-0.2, -0.15) is 0 Å². The molecule has 2 heteroatoms. The highest BCUT2D eigenvalue weighted by Crippen LogP contribution is 2.36. The van der Waals surface area contributed by atoms with Crippen LogP contribution >= 0.6 is 0 Å². The van der Waals surface area contributed by atoms with Gasteiger partial charge in [0.25, 0.3) is 0 Å². The van der Waals surface area contributed by atoms with Crippen molar-refractivity contribution < 1.29 is 4.74 Å². The van der Waals surface area contributed by atoms with E-state index in [9.17, 15) is 0 Å². The van der Waals surface area contributed by atoms with Gasteiger partial charge in [-0.05, 0) is 43.2 Å². The van der Waals surface area contributed by atoms with Crippen LogP contribution in [0, 0.1) is 0 Å². The van der Waals surface area contributed by atoms with E-state index in [0.29, 0.717) is 12.5 Å². The third-order valence-corrected chi connectivity index (χ3v) is 3.46. The summed E-state index contributed by atoms with van der Waals surface area (Å²) in [6, 6.07) is 6.39. The van der Waals surface area contributed by atoms with Crippen LogP contribution in [0.5, 0.6) is 5.75 Å². The van der Waals surface area contributed by atoms with E-state index >= 15 is 0 Å². The van der Waals surface area contributed by atoms with E-state index in [1.54, 1.807) is 0 Å². The molecule has 0 aliphatic carbocycles. The average molecular weight is 277 g/mol. The molecule has 0 aromatic heterocycles. The van der Waals surface area contributed by atoms with Crippen molar-refractivity contribution in [2.24, 2.45) is 5.73 Å². The SMILES string of the molecule is CC(C)c1c(OCCC(C)(C)N)cccc1C(C)(C)C. The molecular formula is C18H31NO. The molecule has 0 aliphatic heterocycles. The van der Waals surface area contributed by atoms with Crippen molar-refractivity contribution in [2.45, 2.75) is 71.8 Å². The summed E-state index contributed by atoms with van der Waals surface area (Å²) < 4.78 is 6.03. The van der Waals surface area contributed by atoms with Crippen molar-refractivity contribution in [3.05, 3.63) is 29.3 Å². The van der Waals surface area contributed by atoms with Gasteiger partial charge < -0.3 is 10.5 Å². The lowest BCUT2D eigenvalue weighted by Crippen LogP contribution is -2.33. The number of hydrogen-bond acceptors (Lipinski definition) is 2. The number of hydrogen-bond donors (Lipinski definition) is 1. The fraction of sp³-hybridized carbons (Fsp3) is 0.667. The molecule has 2 N–H and O–H groups in total. The maximum atomic E-state index is 6.03. The Hall–Kier alpha value is -1.02. The lowest BCUT2D eigenvalue weighted by atomic mass is 9.80. The predicted molar refractivity (Wildman–Crippen MR) is 87.6 cm³/mol. The number of nitrogens with two attached hydrogens (primary N) is 1. The molecule has 1 aromatic rings. The molecule has 1 aromatic carbocycles. The third kappa shape index (κ3) is 4.82. The average Bonchev–Trinajstić information content (AvgIpc) is 2.25. The lowest BCUT2D eigenvalue weighted by molar-refractivity contribution is 0.270. The molecule has 0 saturated heterocycles. The van der Waals surface area contributed by atoms with Gasteiger partial charge in [0.2, 0.25) is 0 Å². The molecule has 0 spiro atoms. The molecule has 0 atom stereocenters. The Morgan fingerprint density at radius 3 is 2.15 bits per heavy atom. The fourth-order valence-electron chi connectivity index (χ4n) is 2.34. The Morgan fingerprint density at radius 2 is 1.70 bits per heavy atom. The molecule has 0 unspecified atom stereocenters. The molecule has 0 aliphatic rings. The van der Waals surface area contributed by atoms with Crippen molar-refractivity contribution in [3.8, 4) is 5.75 Å². The zero-order valence-electron chi connectivity index (χ0n) is 14.2. The van der Waals surface area contributed by atoms with Crippen LogP contribution in [-0.4, -0.2) is 12.1 Å². The van der Waals surface area contributed by atoms with Gasteiger partial charge in [-0.25, -0.2) is 0 Å². The Morgan fingerprint density at radius 1 is 1.10 bits per heavy atom. The topological polar surface area (TPSA) is 35.2 Å². The highest BCUT2D eigenvalue weighted by molar-refractivity contribution is 5.45. The first-order valence-corrected chi connectivity index (χ1v) is 7.57. The van der Waals surface area contributed by atoms with Crippen molar-refractivity contribution in [1.82, 2.24) is 0 Å². The lowest BCUT2D eigenvalue weighted by Gasteiger charge is -2.27. The summed E-state index contributed by atoms with van der Waals surface area (Å²) in [6.07, 6.45) is 0.851. The van der Waals surface area contributed by atoms with E-state index in [0.717, 1.165) is 12.2 Å². The van der Waals surface area contributed by atoms with E-state index in [1.165, 1.54) is 11.1 Å². The van der Waals surface area contributed by atoms with Crippen molar-refractivity contribution in [1.29, 1.82) is 0 Å². The first-order chi connectivity index (χ1) is 9.02. The summed E-state index contributed by atoms with van der Waals surface area (Å²) in [7, 11) is 0. The van der Waals surface area contributed by atoms with Crippen LogP contribution in [0.4, 0.5) is 0 Å². The second-order valence-corrected chi connectivity index (χ2v) is 7.71. The minimum Gasteiger partial charge on any atom is -0.493 e. The van der Waals surface area contributed by atoms with Gasteiger partial charge in [0.05, 0.1) is 6.61 Å². The van der Waals surface area contributed by atoms with Crippen LogP contribution in [0.3, 0.4) is 0 Å². The smallest absolute Gasteiger partial charge is 0.123 e. The van der Waals surface area contributed by atoms with E-state index < -0.39 is 0 Å². The first-order valence-electron chi connectivity index (χ1n) is 7.57. The highest BCUT2D eigenvalue weighted by atomic mass is 16.5. The van der Waals surface area contributed by atoms with Crippen LogP contribution in [0.25, 0.3) is 0 Å². The summed E-state index contributed by atoms with van der Waals surface area (Å²) >= 11 is 0. The minimum atomic E-state index is -0.181. The van der Waals surface area contributed by atoms with E-state index in [1.807, 2.05) is 13.8 Å². The summed E-state index contributed by atoms with van der Waals surface area (Å²) in [6.45, 7) is 15.9. The van der Waals surface area contributed by atoms with Crippen molar-refractivity contribution in [3.63, 3.8) is 0 Å². The van der Waals surface area contributed by atoms with Crippen molar-refractivity contribution in [2.75, 3.05) is 6.61 Å². The van der Waals surface area contributed by atoms with Gasteiger partial charge in [0.1, 0.15) is 5.75 Å². The van der Waals surface area contributed by atoms with Crippen molar-refractivity contribution >= 4 is 0 Å². The molecule has 0 heterocycles. The largest absolute Gasteiger partial charge is 0.493 e. The number of benzene rings is 1. The molecule has 1 rings (SSSR count). The summed E-state index contributed by atoms with van der Waals surface area (Å²) in [4.78, 5) is 0. The quantitative estimate of drug-likeness (QED) is 0.852. The zero-order valence-corrected chi connectivity index (χ0v) is 14.2. The second-order valence-electron chi connectivity index (χ2n) is 7.71. The molecule has 0 saturated carbocycles. The van der Waals surface area contributed by atoms with Crippen LogP contribution in [-0.2, 0) is 5.41 Å². The molecule has 114 valence electrons. The van der Waals surface area contributed by atoms with Crippen LogP contribution < -0.4 is 10.5 Å². The molecule has 2 nitrogen and oxygen atoms in total. The monoisotopic (exact) mass is 277 g/mol. The summed E-state index contributed by atoms with van der Waals surface area (Å²) in [5, 5.41) is 0. The van der Waals surface area contributed by atoms with Crippen LogP contribution in [0.1, 0.15) is 71.9 Å². The second kappa shape index (κ2) is 6.17. The molecule has 0 bridgehead atoms. The summed E-state index contributed by atoms with van der Waals surface area (Å²) in [5.41, 5.74) is 8.67. The van der Waals surface area contributed by atoms with Gasteiger partial charge in [-0.3, -0.25) is 0 Å². The maximum absolute atomic E-state index is 6.03. The molecule has 0 fully saturated rings. The first kappa shape index (κ1) is 17.0. The molecular weight excluding hydrogens is 246 g/mol. The van der Waals surface area contributed by atoms with Gasteiger partial charge >= 0.3 is 0 Å². The third-order valence-electron chi connectivity index (χ3n) is 3.46. The van der Waals surface area contributed by atoms with Gasteiger partial charge in [-0.1, -0.05) is 46.8 Å². The highest BCUT2D eigenvalue weighted by Gasteiger charge is 2.22. The predicted octanol–water partition coefficient (Wildman–Crippen LogP) is 4.61. The molecule has 0 radical (unpaired) electrons. The van der Waals surface area contributed by atoms with Gasteiger partial charge in [0.15, 0.2) is 0 Å². The van der Waals surface area contributed by atoms with E-state index in [-0.39, 0.29) is 11.0 Å². The van der Waals surface area contributed by atoms with E-state index in [4.69, 9.17) is 10.5 Å². The molecule has 20 heavy (non-hydrogen) atoms. The summed E-state index contributed by atoms with van der Waals surface area (Å²) in [5.74, 6) is 1.46.